The van der Waals surface area contributed by atoms with Crippen LogP contribution in [0.2, 0.25) is 0 Å². The fourth-order valence-corrected chi connectivity index (χ4v) is 3.18. The van der Waals surface area contributed by atoms with Gasteiger partial charge in [-0.3, -0.25) is 0 Å². The van der Waals surface area contributed by atoms with Gasteiger partial charge in [0.15, 0.2) is 0 Å². The molecule has 0 aromatic heterocycles. The molecule has 2 rings (SSSR count). The number of hydrogen-bond donors (Lipinski definition) is 2. The lowest BCUT2D eigenvalue weighted by Gasteiger charge is -2.32. The summed E-state index contributed by atoms with van der Waals surface area (Å²) in [4.78, 5) is 0. The molecular formula is C13H25NO. The van der Waals surface area contributed by atoms with Crippen LogP contribution in [0.5, 0.6) is 0 Å². The number of aliphatic hydroxyl groups excluding tert-OH is 1. The predicted molar refractivity (Wildman–Crippen MR) is 62.7 cm³/mol. The highest BCUT2D eigenvalue weighted by Gasteiger charge is 2.33. The van der Waals surface area contributed by atoms with Crippen molar-refractivity contribution >= 4 is 0 Å². The van der Waals surface area contributed by atoms with Crippen LogP contribution in [0.3, 0.4) is 0 Å². The molecule has 15 heavy (non-hydrogen) atoms. The highest BCUT2D eigenvalue weighted by molar-refractivity contribution is 4.90. The Bertz CT molecular complexity index is 205. The van der Waals surface area contributed by atoms with E-state index in [0.29, 0.717) is 12.1 Å². The molecule has 0 radical (unpaired) electrons. The summed E-state index contributed by atoms with van der Waals surface area (Å²) in [6, 6.07) is 1.02. The Morgan fingerprint density at radius 1 is 0.933 bits per heavy atom. The van der Waals surface area contributed by atoms with Gasteiger partial charge in [-0.15, -0.1) is 0 Å². The van der Waals surface area contributed by atoms with Crippen LogP contribution in [-0.2, 0) is 0 Å². The monoisotopic (exact) mass is 211 g/mol. The van der Waals surface area contributed by atoms with Crippen molar-refractivity contribution < 1.29 is 5.11 Å². The normalized spacial score (nSPS) is 47.0. The maximum atomic E-state index is 9.92. The van der Waals surface area contributed by atoms with Crippen molar-refractivity contribution in [3.8, 4) is 0 Å². The van der Waals surface area contributed by atoms with E-state index in [0.717, 1.165) is 18.3 Å². The maximum absolute atomic E-state index is 9.92. The molecule has 5 unspecified atom stereocenters. The van der Waals surface area contributed by atoms with Crippen molar-refractivity contribution in [1.29, 1.82) is 0 Å². The summed E-state index contributed by atoms with van der Waals surface area (Å²) >= 11 is 0. The third-order valence-corrected chi connectivity index (χ3v) is 4.62. The molecule has 2 fully saturated rings. The van der Waals surface area contributed by atoms with E-state index < -0.39 is 0 Å². The summed E-state index contributed by atoms with van der Waals surface area (Å²) in [6.07, 6.45) is 7.20. The van der Waals surface area contributed by atoms with Crippen molar-refractivity contribution in [3.05, 3.63) is 0 Å². The Morgan fingerprint density at radius 3 is 2.27 bits per heavy atom. The van der Waals surface area contributed by atoms with Gasteiger partial charge < -0.3 is 10.4 Å². The molecule has 0 aromatic rings. The van der Waals surface area contributed by atoms with E-state index in [1.165, 1.54) is 32.1 Å². The molecule has 2 nitrogen and oxygen atoms in total. The number of nitrogens with one attached hydrogen (secondary N) is 1. The molecule has 0 aliphatic heterocycles. The summed E-state index contributed by atoms with van der Waals surface area (Å²) < 4.78 is 0. The Hall–Kier alpha value is -0.0800. The molecule has 2 saturated carbocycles. The van der Waals surface area contributed by atoms with Gasteiger partial charge in [0.2, 0.25) is 0 Å². The maximum Gasteiger partial charge on any atom is 0.0693 e. The molecule has 2 aliphatic carbocycles. The minimum Gasteiger partial charge on any atom is -0.392 e. The van der Waals surface area contributed by atoms with Gasteiger partial charge in [-0.05, 0) is 37.5 Å². The molecule has 0 amide bonds. The zero-order valence-corrected chi connectivity index (χ0v) is 10.1. The average molecular weight is 211 g/mol. The average Bonchev–Trinajstić information content (AvgIpc) is 2.53. The molecule has 88 valence electrons. The molecule has 5 atom stereocenters. The van der Waals surface area contributed by atoms with E-state index in [4.69, 9.17) is 0 Å². The van der Waals surface area contributed by atoms with E-state index in [-0.39, 0.29) is 6.10 Å². The second-order valence-electron chi connectivity index (χ2n) is 5.65. The van der Waals surface area contributed by atoms with Crippen molar-refractivity contribution in [3.63, 3.8) is 0 Å². The molecule has 0 bridgehead atoms. The van der Waals surface area contributed by atoms with Crippen molar-refractivity contribution in [2.75, 3.05) is 0 Å². The molecule has 0 heterocycles. The summed E-state index contributed by atoms with van der Waals surface area (Å²) in [5, 5.41) is 13.6. The fourth-order valence-electron chi connectivity index (χ4n) is 3.18. The minimum atomic E-state index is -0.0955. The lowest BCUT2D eigenvalue weighted by atomic mass is 9.90. The first-order valence-electron chi connectivity index (χ1n) is 6.62. The van der Waals surface area contributed by atoms with Crippen molar-refractivity contribution in [2.45, 2.75) is 70.6 Å². The van der Waals surface area contributed by atoms with E-state index in [2.05, 4.69) is 19.2 Å². The lowest BCUT2D eigenvalue weighted by Crippen LogP contribution is -2.48. The van der Waals surface area contributed by atoms with E-state index in [1.807, 2.05) is 0 Å². The molecule has 0 aromatic carbocycles. The van der Waals surface area contributed by atoms with E-state index >= 15 is 0 Å². The minimum absolute atomic E-state index is 0.0955. The largest absolute Gasteiger partial charge is 0.392 e. The summed E-state index contributed by atoms with van der Waals surface area (Å²) in [5.41, 5.74) is 0. The van der Waals surface area contributed by atoms with E-state index in [9.17, 15) is 5.11 Å². The standard InChI is InChI=1S/C13H25NO/c1-9-7-8-11(10(9)2)14-12-5-3-4-6-13(12)15/h9-15H,3-8H2,1-2H3. The van der Waals surface area contributed by atoms with Crippen LogP contribution in [0.25, 0.3) is 0 Å². The van der Waals surface area contributed by atoms with E-state index in [1.54, 1.807) is 0 Å². The van der Waals surface area contributed by atoms with Gasteiger partial charge in [0.1, 0.15) is 0 Å². The number of aliphatic hydroxyl groups is 1. The zero-order chi connectivity index (χ0) is 10.8. The predicted octanol–water partition coefficient (Wildman–Crippen LogP) is 2.31. The topological polar surface area (TPSA) is 32.3 Å². The van der Waals surface area contributed by atoms with Gasteiger partial charge >= 0.3 is 0 Å². The summed E-state index contributed by atoms with van der Waals surface area (Å²) in [7, 11) is 0. The number of hydrogen-bond acceptors (Lipinski definition) is 2. The Balaban J connectivity index is 1.85. The second-order valence-corrected chi connectivity index (χ2v) is 5.65. The van der Waals surface area contributed by atoms with Crippen LogP contribution in [0.4, 0.5) is 0 Å². The van der Waals surface area contributed by atoms with Crippen molar-refractivity contribution in [1.82, 2.24) is 5.32 Å². The van der Waals surface area contributed by atoms with Crippen LogP contribution in [-0.4, -0.2) is 23.3 Å². The third kappa shape index (κ3) is 2.54. The van der Waals surface area contributed by atoms with Gasteiger partial charge in [-0.25, -0.2) is 0 Å². The van der Waals surface area contributed by atoms with Gasteiger partial charge in [0.05, 0.1) is 6.10 Å². The number of rotatable bonds is 2. The third-order valence-electron chi connectivity index (χ3n) is 4.62. The van der Waals surface area contributed by atoms with Gasteiger partial charge in [-0.1, -0.05) is 26.7 Å². The van der Waals surface area contributed by atoms with Crippen LogP contribution in [0.1, 0.15) is 52.4 Å². The van der Waals surface area contributed by atoms with Crippen LogP contribution < -0.4 is 5.32 Å². The zero-order valence-electron chi connectivity index (χ0n) is 10.1. The first-order chi connectivity index (χ1) is 7.18. The van der Waals surface area contributed by atoms with Gasteiger partial charge in [0, 0.05) is 12.1 Å². The SMILES string of the molecule is CC1CCC(NC2CCCCC2O)C1C. The quantitative estimate of drug-likeness (QED) is 0.734. The molecule has 0 spiro atoms. The molecule has 0 saturated heterocycles. The first-order valence-corrected chi connectivity index (χ1v) is 6.62. The van der Waals surface area contributed by atoms with Gasteiger partial charge in [0.25, 0.3) is 0 Å². The second kappa shape index (κ2) is 4.84. The van der Waals surface area contributed by atoms with Crippen LogP contribution in [0, 0.1) is 11.8 Å². The highest BCUT2D eigenvalue weighted by Crippen LogP contribution is 2.32. The smallest absolute Gasteiger partial charge is 0.0693 e. The summed E-state index contributed by atoms with van der Waals surface area (Å²) in [6.45, 7) is 4.70. The molecular weight excluding hydrogens is 186 g/mol. The van der Waals surface area contributed by atoms with Crippen LogP contribution >= 0.6 is 0 Å². The molecule has 2 heteroatoms. The highest BCUT2D eigenvalue weighted by atomic mass is 16.3. The first kappa shape index (κ1) is 11.4. The van der Waals surface area contributed by atoms with Gasteiger partial charge in [-0.2, -0.15) is 0 Å². The fraction of sp³-hybridized carbons (Fsp3) is 1.00. The molecule has 2 aliphatic rings. The lowest BCUT2D eigenvalue weighted by molar-refractivity contribution is 0.0815. The Labute approximate surface area is 93.5 Å². The molecule has 2 N–H and O–H groups in total. The Kier molecular flexibility index (Phi) is 3.68. The summed E-state index contributed by atoms with van der Waals surface area (Å²) in [5.74, 6) is 1.63. The Morgan fingerprint density at radius 2 is 1.67 bits per heavy atom. The van der Waals surface area contributed by atoms with Crippen molar-refractivity contribution in [2.24, 2.45) is 11.8 Å². The van der Waals surface area contributed by atoms with Crippen LogP contribution in [0.15, 0.2) is 0 Å².